The zero-order chi connectivity index (χ0) is 18.9. The minimum atomic E-state index is -0.348. The quantitative estimate of drug-likeness (QED) is 0.611. The highest BCUT2D eigenvalue weighted by molar-refractivity contribution is 5.94. The van der Waals surface area contributed by atoms with Crippen molar-refractivity contribution in [1.29, 1.82) is 0 Å². The van der Waals surface area contributed by atoms with Crippen molar-refractivity contribution in [1.82, 2.24) is 5.48 Å². The monoisotopic (exact) mass is 363 g/mol. The van der Waals surface area contributed by atoms with Crippen LogP contribution in [0.5, 0.6) is 11.5 Å². The van der Waals surface area contributed by atoms with Crippen molar-refractivity contribution in [3.8, 4) is 11.5 Å². The summed E-state index contributed by atoms with van der Waals surface area (Å²) in [5.41, 5.74) is 4.89. The Balaban J connectivity index is 1.58. The van der Waals surface area contributed by atoms with Crippen LogP contribution in [0.3, 0.4) is 0 Å². The Bertz CT molecular complexity index is 866. The molecule has 3 aromatic rings. The second-order valence-corrected chi connectivity index (χ2v) is 5.85. The first-order valence-corrected chi connectivity index (χ1v) is 8.57. The molecule has 0 atom stereocenters. The molecular formula is C22H21NO4. The molecule has 0 bridgehead atoms. The van der Waals surface area contributed by atoms with Crippen LogP contribution in [-0.4, -0.2) is 13.0 Å². The van der Waals surface area contributed by atoms with Crippen LogP contribution in [0.4, 0.5) is 0 Å². The molecule has 0 radical (unpaired) electrons. The molecule has 0 aliphatic rings. The molecule has 0 saturated carbocycles. The minimum Gasteiger partial charge on any atom is -0.493 e. The number of carbonyl (C=O) groups is 1. The van der Waals surface area contributed by atoms with E-state index in [4.69, 9.17) is 14.3 Å². The lowest BCUT2D eigenvalue weighted by atomic mass is 10.2. The lowest BCUT2D eigenvalue weighted by Crippen LogP contribution is -2.23. The molecule has 0 aromatic heterocycles. The van der Waals surface area contributed by atoms with Gasteiger partial charge in [0, 0.05) is 5.56 Å². The predicted octanol–water partition coefficient (Wildman–Crippen LogP) is 4.14. The Kier molecular flexibility index (Phi) is 6.44. The molecule has 3 rings (SSSR count). The molecular weight excluding hydrogens is 342 g/mol. The second kappa shape index (κ2) is 9.40. The van der Waals surface area contributed by atoms with Gasteiger partial charge in [-0.2, -0.15) is 0 Å². The fourth-order valence-electron chi connectivity index (χ4n) is 2.48. The first kappa shape index (κ1) is 18.5. The Morgan fingerprint density at radius 3 is 2.07 bits per heavy atom. The van der Waals surface area contributed by atoms with Crippen LogP contribution in [-0.2, 0) is 18.1 Å². The fourth-order valence-corrected chi connectivity index (χ4v) is 2.48. The van der Waals surface area contributed by atoms with Gasteiger partial charge in [-0.25, -0.2) is 5.48 Å². The van der Waals surface area contributed by atoms with Gasteiger partial charge in [-0.15, -0.1) is 0 Å². The van der Waals surface area contributed by atoms with Gasteiger partial charge in [0.1, 0.15) is 6.61 Å². The molecule has 5 heteroatoms. The van der Waals surface area contributed by atoms with Gasteiger partial charge in [-0.05, 0) is 29.3 Å². The van der Waals surface area contributed by atoms with Crippen molar-refractivity contribution in [2.24, 2.45) is 0 Å². The predicted molar refractivity (Wildman–Crippen MR) is 102 cm³/mol. The lowest BCUT2D eigenvalue weighted by Gasteiger charge is -2.12. The summed E-state index contributed by atoms with van der Waals surface area (Å²) in [6.07, 6.45) is 0. The van der Waals surface area contributed by atoms with E-state index in [-0.39, 0.29) is 5.91 Å². The first-order chi connectivity index (χ1) is 13.3. The van der Waals surface area contributed by atoms with Crippen LogP contribution >= 0.6 is 0 Å². The second-order valence-electron chi connectivity index (χ2n) is 5.85. The Hall–Kier alpha value is -3.31. The number of ether oxygens (including phenoxy) is 2. The standard InChI is InChI=1S/C22H21NO4/c1-25-21-14-19(22(24)23-27-16-18-10-6-3-7-11-18)12-13-20(21)26-15-17-8-4-2-5-9-17/h2-14H,15-16H2,1H3,(H,23,24). The number of hydrogen-bond acceptors (Lipinski definition) is 4. The number of methoxy groups -OCH3 is 1. The van der Waals surface area contributed by atoms with Gasteiger partial charge in [-0.3, -0.25) is 9.63 Å². The molecule has 1 N–H and O–H groups in total. The molecule has 0 spiro atoms. The number of hydroxylamine groups is 1. The maximum absolute atomic E-state index is 12.3. The van der Waals surface area contributed by atoms with Crippen LogP contribution < -0.4 is 15.0 Å². The van der Waals surface area contributed by atoms with Gasteiger partial charge in [0.15, 0.2) is 11.5 Å². The molecule has 5 nitrogen and oxygen atoms in total. The smallest absolute Gasteiger partial charge is 0.274 e. The highest BCUT2D eigenvalue weighted by Crippen LogP contribution is 2.28. The third kappa shape index (κ3) is 5.33. The number of amides is 1. The Morgan fingerprint density at radius 1 is 0.815 bits per heavy atom. The molecule has 0 aliphatic carbocycles. The average molecular weight is 363 g/mol. The molecule has 0 saturated heterocycles. The van der Waals surface area contributed by atoms with Crippen LogP contribution in [0.1, 0.15) is 21.5 Å². The highest BCUT2D eigenvalue weighted by atomic mass is 16.6. The third-order valence-electron chi connectivity index (χ3n) is 3.91. The van der Waals surface area contributed by atoms with E-state index in [2.05, 4.69) is 5.48 Å². The number of hydrogen-bond donors (Lipinski definition) is 1. The topological polar surface area (TPSA) is 56.8 Å². The number of nitrogens with one attached hydrogen (secondary N) is 1. The molecule has 27 heavy (non-hydrogen) atoms. The van der Waals surface area contributed by atoms with Crippen molar-refractivity contribution in [2.75, 3.05) is 7.11 Å². The van der Waals surface area contributed by atoms with Crippen molar-refractivity contribution in [2.45, 2.75) is 13.2 Å². The van der Waals surface area contributed by atoms with Crippen LogP contribution in [0, 0.1) is 0 Å². The van der Waals surface area contributed by atoms with Crippen LogP contribution in [0.25, 0.3) is 0 Å². The van der Waals surface area contributed by atoms with E-state index in [0.717, 1.165) is 11.1 Å². The zero-order valence-electron chi connectivity index (χ0n) is 15.1. The van der Waals surface area contributed by atoms with Gasteiger partial charge < -0.3 is 9.47 Å². The zero-order valence-corrected chi connectivity index (χ0v) is 15.1. The minimum absolute atomic E-state index is 0.294. The summed E-state index contributed by atoms with van der Waals surface area (Å²) in [6.45, 7) is 0.713. The van der Waals surface area contributed by atoms with E-state index in [1.54, 1.807) is 18.2 Å². The SMILES string of the molecule is COc1cc(C(=O)NOCc2ccccc2)ccc1OCc1ccccc1. The maximum atomic E-state index is 12.3. The van der Waals surface area contributed by atoms with E-state index in [0.29, 0.717) is 30.3 Å². The molecule has 138 valence electrons. The summed E-state index contributed by atoms with van der Waals surface area (Å²) in [5.74, 6) is 0.712. The van der Waals surface area contributed by atoms with Gasteiger partial charge in [-0.1, -0.05) is 60.7 Å². The fraction of sp³-hybridized carbons (Fsp3) is 0.136. The third-order valence-corrected chi connectivity index (χ3v) is 3.91. The van der Waals surface area contributed by atoms with Gasteiger partial charge in [0.25, 0.3) is 5.91 Å². The van der Waals surface area contributed by atoms with E-state index >= 15 is 0 Å². The number of benzene rings is 3. The van der Waals surface area contributed by atoms with Gasteiger partial charge in [0.05, 0.1) is 13.7 Å². The normalized spacial score (nSPS) is 10.3. The Labute approximate surface area is 158 Å². The van der Waals surface area contributed by atoms with Crippen LogP contribution in [0.15, 0.2) is 78.9 Å². The lowest BCUT2D eigenvalue weighted by molar-refractivity contribution is 0.0233. The van der Waals surface area contributed by atoms with Crippen molar-refractivity contribution in [3.05, 3.63) is 95.6 Å². The molecule has 0 heterocycles. The molecule has 3 aromatic carbocycles. The van der Waals surface area contributed by atoms with E-state index < -0.39 is 0 Å². The van der Waals surface area contributed by atoms with E-state index in [9.17, 15) is 4.79 Å². The molecule has 0 aliphatic heterocycles. The molecule has 0 unspecified atom stereocenters. The Morgan fingerprint density at radius 2 is 1.44 bits per heavy atom. The molecule has 0 fully saturated rings. The van der Waals surface area contributed by atoms with Gasteiger partial charge >= 0.3 is 0 Å². The highest BCUT2D eigenvalue weighted by Gasteiger charge is 2.11. The first-order valence-electron chi connectivity index (χ1n) is 8.57. The van der Waals surface area contributed by atoms with Crippen molar-refractivity contribution in [3.63, 3.8) is 0 Å². The average Bonchev–Trinajstić information content (AvgIpc) is 2.73. The number of rotatable bonds is 8. The summed E-state index contributed by atoms with van der Waals surface area (Å²) in [7, 11) is 1.54. The number of carbonyl (C=O) groups excluding carboxylic acids is 1. The summed E-state index contributed by atoms with van der Waals surface area (Å²) < 4.78 is 11.2. The molecule has 1 amide bonds. The van der Waals surface area contributed by atoms with Gasteiger partial charge in [0.2, 0.25) is 0 Å². The van der Waals surface area contributed by atoms with Crippen molar-refractivity contribution >= 4 is 5.91 Å². The van der Waals surface area contributed by atoms with E-state index in [1.165, 1.54) is 7.11 Å². The maximum Gasteiger partial charge on any atom is 0.274 e. The van der Waals surface area contributed by atoms with Crippen LogP contribution in [0.2, 0.25) is 0 Å². The summed E-state index contributed by atoms with van der Waals surface area (Å²) in [5, 5.41) is 0. The largest absolute Gasteiger partial charge is 0.493 e. The summed E-state index contributed by atoms with van der Waals surface area (Å²) >= 11 is 0. The summed E-state index contributed by atoms with van der Waals surface area (Å²) in [6, 6.07) is 24.5. The summed E-state index contributed by atoms with van der Waals surface area (Å²) in [4.78, 5) is 17.5. The van der Waals surface area contributed by atoms with Crippen molar-refractivity contribution < 1.29 is 19.1 Å². The van der Waals surface area contributed by atoms with E-state index in [1.807, 2.05) is 60.7 Å².